The van der Waals surface area contributed by atoms with E-state index in [0.29, 0.717) is 0 Å². The van der Waals surface area contributed by atoms with Crippen LogP contribution in [0.2, 0.25) is 0 Å². The Hall–Kier alpha value is -2.27. The maximum atomic E-state index is 9.12. The van der Waals surface area contributed by atoms with Gasteiger partial charge >= 0.3 is 0 Å². The topological polar surface area (TPSA) is 33.0 Å². The summed E-state index contributed by atoms with van der Waals surface area (Å²) in [6.07, 6.45) is 2.98. The van der Waals surface area contributed by atoms with Gasteiger partial charge in [0, 0.05) is 0 Å². The number of hydrogen-bond donors (Lipinski definition) is 0. The monoisotopic (exact) mass is 249 g/mol. The highest BCUT2D eigenvalue weighted by molar-refractivity contribution is 5.44. The molecule has 19 heavy (non-hydrogen) atoms. The number of benzene rings is 2. The number of ether oxygens (including phenoxy) is 1. The number of rotatable bonds is 2. The fourth-order valence-electron chi connectivity index (χ4n) is 2.53. The lowest BCUT2D eigenvalue weighted by molar-refractivity contribution is 0.288. The summed E-state index contributed by atoms with van der Waals surface area (Å²) in [6.45, 7) is 0.823. The van der Waals surface area contributed by atoms with Crippen LogP contribution in [0.4, 0.5) is 0 Å². The second kappa shape index (κ2) is 5.16. The van der Waals surface area contributed by atoms with Crippen LogP contribution in [0.25, 0.3) is 0 Å². The predicted molar refractivity (Wildman–Crippen MR) is 74.2 cm³/mol. The van der Waals surface area contributed by atoms with E-state index in [-0.39, 0.29) is 0 Å². The molecule has 2 aromatic carbocycles. The number of nitriles is 1. The Morgan fingerprint density at radius 1 is 1.16 bits per heavy atom. The Bertz CT molecular complexity index is 640. The summed E-state index contributed by atoms with van der Waals surface area (Å²) in [7, 11) is 0. The zero-order valence-electron chi connectivity index (χ0n) is 10.7. The van der Waals surface area contributed by atoms with E-state index < -0.39 is 0 Å². The van der Waals surface area contributed by atoms with Crippen molar-refractivity contribution in [1.29, 1.82) is 5.26 Å². The van der Waals surface area contributed by atoms with Crippen LogP contribution < -0.4 is 4.74 Å². The van der Waals surface area contributed by atoms with E-state index in [1.54, 1.807) is 0 Å². The lowest BCUT2D eigenvalue weighted by Crippen LogP contribution is -2.08. The summed E-state index contributed by atoms with van der Waals surface area (Å²) in [6, 6.07) is 16.4. The molecule has 0 aliphatic carbocycles. The predicted octanol–water partition coefficient (Wildman–Crippen LogP) is 3.47. The summed E-state index contributed by atoms with van der Waals surface area (Å²) in [5.74, 6) is 1.02. The van der Waals surface area contributed by atoms with Gasteiger partial charge in [-0.3, -0.25) is 0 Å². The van der Waals surface area contributed by atoms with Crippen LogP contribution in [-0.4, -0.2) is 6.61 Å². The molecule has 2 nitrogen and oxygen atoms in total. The summed E-state index contributed by atoms with van der Waals surface area (Å²) < 4.78 is 5.62. The smallest absolute Gasteiger partial charge is 0.122 e. The van der Waals surface area contributed by atoms with Crippen molar-refractivity contribution in [1.82, 2.24) is 0 Å². The molecule has 3 rings (SSSR count). The van der Waals surface area contributed by atoms with E-state index in [1.807, 2.05) is 24.3 Å². The standard InChI is InChI=1S/C17H15NO/c18-12-16-5-2-1-4-14(16)10-13-7-8-17-15(11-13)6-3-9-19-17/h1-2,4-5,7-8,11H,3,6,9-10H2. The van der Waals surface area contributed by atoms with Gasteiger partial charge in [-0.15, -0.1) is 0 Å². The normalized spacial score (nSPS) is 13.2. The van der Waals surface area contributed by atoms with Crippen molar-refractivity contribution < 1.29 is 4.74 Å². The summed E-state index contributed by atoms with van der Waals surface area (Å²) in [5.41, 5.74) is 4.38. The zero-order chi connectivity index (χ0) is 13.1. The fraction of sp³-hybridized carbons (Fsp3) is 0.235. The van der Waals surface area contributed by atoms with Crippen LogP contribution in [-0.2, 0) is 12.8 Å². The van der Waals surface area contributed by atoms with E-state index in [9.17, 15) is 0 Å². The molecule has 2 heteroatoms. The molecule has 0 bridgehead atoms. The highest BCUT2D eigenvalue weighted by Crippen LogP contribution is 2.26. The summed E-state index contributed by atoms with van der Waals surface area (Å²) in [5, 5.41) is 9.12. The number of nitrogens with zero attached hydrogens (tertiary/aromatic N) is 1. The third-order valence-electron chi connectivity index (χ3n) is 3.51. The first-order valence-electron chi connectivity index (χ1n) is 6.59. The van der Waals surface area contributed by atoms with Crippen molar-refractivity contribution in [2.24, 2.45) is 0 Å². The maximum absolute atomic E-state index is 9.12. The Balaban J connectivity index is 1.89. The molecule has 0 radical (unpaired) electrons. The van der Waals surface area contributed by atoms with Gasteiger partial charge < -0.3 is 4.74 Å². The molecular weight excluding hydrogens is 234 g/mol. The molecule has 0 N–H and O–H groups in total. The lowest BCUT2D eigenvalue weighted by atomic mass is 9.97. The average molecular weight is 249 g/mol. The molecule has 0 unspecified atom stereocenters. The molecule has 1 heterocycles. The first-order chi connectivity index (χ1) is 9.36. The quantitative estimate of drug-likeness (QED) is 0.816. The number of hydrogen-bond acceptors (Lipinski definition) is 2. The Morgan fingerprint density at radius 3 is 2.95 bits per heavy atom. The van der Waals surface area contributed by atoms with Gasteiger partial charge in [0.1, 0.15) is 5.75 Å². The number of aryl methyl sites for hydroxylation is 1. The fourth-order valence-corrected chi connectivity index (χ4v) is 2.53. The van der Waals surface area contributed by atoms with Gasteiger partial charge in [-0.1, -0.05) is 30.3 Å². The minimum absolute atomic E-state index is 0.761. The van der Waals surface area contributed by atoms with Crippen LogP contribution in [0.3, 0.4) is 0 Å². The van der Waals surface area contributed by atoms with Crippen molar-refractivity contribution in [3.8, 4) is 11.8 Å². The van der Waals surface area contributed by atoms with E-state index in [0.717, 1.165) is 42.7 Å². The van der Waals surface area contributed by atoms with E-state index in [1.165, 1.54) is 11.1 Å². The van der Waals surface area contributed by atoms with Gasteiger partial charge in [0.2, 0.25) is 0 Å². The molecule has 0 saturated heterocycles. The van der Waals surface area contributed by atoms with E-state index in [2.05, 4.69) is 24.3 Å². The molecule has 0 saturated carbocycles. The Labute approximate surface area is 113 Å². The van der Waals surface area contributed by atoms with Crippen molar-refractivity contribution in [3.63, 3.8) is 0 Å². The SMILES string of the molecule is N#Cc1ccccc1Cc1ccc2c(c1)CCCO2. The van der Waals surface area contributed by atoms with Gasteiger partial charge in [-0.05, 0) is 48.1 Å². The minimum Gasteiger partial charge on any atom is -0.493 e. The molecule has 0 atom stereocenters. The van der Waals surface area contributed by atoms with Gasteiger partial charge in [-0.25, -0.2) is 0 Å². The largest absolute Gasteiger partial charge is 0.493 e. The maximum Gasteiger partial charge on any atom is 0.122 e. The molecule has 0 spiro atoms. The summed E-state index contributed by atoms with van der Waals surface area (Å²) >= 11 is 0. The third kappa shape index (κ3) is 2.46. The van der Waals surface area contributed by atoms with Crippen LogP contribution in [0.15, 0.2) is 42.5 Å². The molecule has 0 amide bonds. The Kier molecular flexibility index (Phi) is 3.20. The van der Waals surface area contributed by atoms with Crippen molar-refractivity contribution in [3.05, 3.63) is 64.7 Å². The van der Waals surface area contributed by atoms with Crippen LogP contribution in [0.5, 0.6) is 5.75 Å². The molecular formula is C17H15NO. The minimum atomic E-state index is 0.761. The van der Waals surface area contributed by atoms with E-state index in [4.69, 9.17) is 10.00 Å². The van der Waals surface area contributed by atoms with Gasteiger partial charge in [0.25, 0.3) is 0 Å². The molecule has 2 aromatic rings. The van der Waals surface area contributed by atoms with Crippen LogP contribution in [0, 0.1) is 11.3 Å². The molecule has 94 valence electrons. The highest BCUT2D eigenvalue weighted by atomic mass is 16.5. The van der Waals surface area contributed by atoms with Crippen molar-refractivity contribution >= 4 is 0 Å². The van der Waals surface area contributed by atoms with Gasteiger partial charge in [-0.2, -0.15) is 5.26 Å². The second-order valence-corrected chi connectivity index (χ2v) is 4.84. The number of fused-ring (bicyclic) bond motifs is 1. The molecule has 1 aliphatic rings. The van der Waals surface area contributed by atoms with Crippen LogP contribution in [0.1, 0.15) is 28.7 Å². The zero-order valence-corrected chi connectivity index (χ0v) is 10.7. The molecule has 0 aromatic heterocycles. The first-order valence-corrected chi connectivity index (χ1v) is 6.59. The lowest BCUT2D eigenvalue weighted by Gasteiger charge is -2.18. The van der Waals surface area contributed by atoms with Gasteiger partial charge in [0.05, 0.1) is 18.2 Å². The second-order valence-electron chi connectivity index (χ2n) is 4.84. The first kappa shape index (κ1) is 11.8. The van der Waals surface area contributed by atoms with Crippen molar-refractivity contribution in [2.75, 3.05) is 6.61 Å². The van der Waals surface area contributed by atoms with E-state index >= 15 is 0 Å². The van der Waals surface area contributed by atoms with Gasteiger partial charge in [0.15, 0.2) is 0 Å². The summed E-state index contributed by atoms with van der Waals surface area (Å²) in [4.78, 5) is 0. The van der Waals surface area contributed by atoms with Crippen molar-refractivity contribution in [2.45, 2.75) is 19.3 Å². The molecule has 1 aliphatic heterocycles. The highest BCUT2D eigenvalue weighted by Gasteiger charge is 2.11. The van der Waals surface area contributed by atoms with Crippen LogP contribution >= 0.6 is 0 Å². The molecule has 0 fully saturated rings. The Morgan fingerprint density at radius 2 is 2.05 bits per heavy atom. The third-order valence-corrected chi connectivity index (χ3v) is 3.51. The average Bonchev–Trinajstić information content (AvgIpc) is 2.48.